The molecule has 3 rings (SSSR count). The summed E-state index contributed by atoms with van der Waals surface area (Å²) in [4.78, 5) is 38.1. The summed E-state index contributed by atoms with van der Waals surface area (Å²) in [7, 11) is 0. The first-order chi connectivity index (χ1) is 12.5. The molecule has 3 atom stereocenters. The van der Waals surface area contributed by atoms with Gasteiger partial charge in [0, 0.05) is 0 Å². The molecule has 0 aromatic heterocycles. The van der Waals surface area contributed by atoms with E-state index in [4.69, 9.17) is 9.47 Å². The summed E-state index contributed by atoms with van der Waals surface area (Å²) in [6.45, 7) is 1.33. The molecule has 1 saturated heterocycles. The molecule has 0 unspecified atom stereocenters. The Labute approximate surface area is 150 Å². The minimum absolute atomic E-state index is 0.0313. The number of hydrogen-bond acceptors (Lipinski definition) is 5. The summed E-state index contributed by atoms with van der Waals surface area (Å²) in [5.41, 5.74) is 0. The zero-order valence-corrected chi connectivity index (χ0v) is 14.4. The van der Waals surface area contributed by atoms with Crippen molar-refractivity contribution in [2.24, 2.45) is 11.8 Å². The van der Waals surface area contributed by atoms with Crippen molar-refractivity contribution in [3.05, 3.63) is 42.2 Å². The Hall–Kier alpha value is -2.70. The van der Waals surface area contributed by atoms with Crippen molar-refractivity contribution in [3.8, 4) is 5.75 Å². The zero-order chi connectivity index (χ0) is 18.7. The Bertz CT molecular complexity index is 721. The number of amides is 2. The first-order valence-electron chi connectivity index (χ1n) is 8.56. The highest BCUT2D eigenvalue weighted by Gasteiger charge is 2.50. The van der Waals surface area contributed by atoms with Gasteiger partial charge in [0.2, 0.25) is 11.8 Å². The van der Waals surface area contributed by atoms with E-state index in [1.54, 1.807) is 12.1 Å². The molecule has 0 radical (unpaired) electrons. The van der Waals surface area contributed by atoms with Gasteiger partial charge in [-0.15, -0.1) is 0 Å². The quantitative estimate of drug-likeness (QED) is 0.336. The number of para-hydroxylation sites is 1. The van der Waals surface area contributed by atoms with Gasteiger partial charge in [0.15, 0.2) is 11.6 Å². The fourth-order valence-electron chi connectivity index (χ4n) is 3.29. The van der Waals surface area contributed by atoms with Crippen molar-refractivity contribution in [2.75, 3.05) is 13.2 Å². The van der Waals surface area contributed by atoms with Crippen LogP contribution < -0.4 is 4.74 Å². The maximum Gasteiger partial charge on any atom is 0.329 e. The van der Waals surface area contributed by atoms with Gasteiger partial charge in [-0.1, -0.05) is 24.3 Å². The van der Waals surface area contributed by atoms with Crippen molar-refractivity contribution in [1.82, 2.24) is 4.90 Å². The molecule has 0 bridgehead atoms. The van der Waals surface area contributed by atoms with E-state index in [1.165, 1.54) is 19.1 Å². The second-order valence-electron chi connectivity index (χ2n) is 6.32. The molecule has 0 saturated carbocycles. The number of halogens is 1. The molecule has 1 heterocycles. The van der Waals surface area contributed by atoms with E-state index >= 15 is 0 Å². The van der Waals surface area contributed by atoms with Gasteiger partial charge in [0.1, 0.15) is 19.3 Å². The van der Waals surface area contributed by atoms with E-state index in [1.807, 2.05) is 12.2 Å². The van der Waals surface area contributed by atoms with Crippen LogP contribution in [0.4, 0.5) is 4.39 Å². The van der Waals surface area contributed by atoms with Crippen LogP contribution in [0.5, 0.6) is 5.75 Å². The third-order valence-electron chi connectivity index (χ3n) is 4.69. The summed E-state index contributed by atoms with van der Waals surface area (Å²) in [6.07, 6.45) is 4.81. The van der Waals surface area contributed by atoms with E-state index in [9.17, 15) is 18.8 Å². The van der Waals surface area contributed by atoms with E-state index in [2.05, 4.69) is 0 Å². The number of fused-ring (bicyclic) bond motifs is 1. The monoisotopic (exact) mass is 361 g/mol. The van der Waals surface area contributed by atoms with Crippen molar-refractivity contribution in [1.29, 1.82) is 0 Å². The van der Waals surface area contributed by atoms with Crippen LogP contribution in [0.2, 0.25) is 0 Å². The molecule has 0 spiro atoms. The summed E-state index contributed by atoms with van der Waals surface area (Å²) >= 11 is 0. The standard InChI is InChI=1S/C19H20FNO5/c1-12(21-17(22)13-6-2-3-7-14(13)18(21)23)19(24)26-11-10-25-16-9-5-4-8-15(16)20/h2-5,8-9,12-14H,6-7,10-11H2,1H3/t12-,13-,14+/m0/s1. The first-order valence-corrected chi connectivity index (χ1v) is 8.56. The van der Waals surface area contributed by atoms with Crippen LogP contribution in [0.25, 0.3) is 0 Å². The van der Waals surface area contributed by atoms with Gasteiger partial charge in [0.05, 0.1) is 11.8 Å². The van der Waals surface area contributed by atoms with Crippen molar-refractivity contribution in [3.63, 3.8) is 0 Å². The van der Waals surface area contributed by atoms with Crippen LogP contribution in [0.15, 0.2) is 36.4 Å². The third kappa shape index (κ3) is 3.47. The van der Waals surface area contributed by atoms with Crippen LogP contribution in [0, 0.1) is 17.7 Å². The van der Waals surface area contributed by atoms with Crippen LogP contribution in [0.3, 0.4) is 0 Å². The van der Waals surface area contributed by atoms with Gasteiger partial charge >= 0.3 is 5.97 Å². The number of imide groups is 1. The first kappa shape index (κ1) is 18.1. The molecule has 6 nitrogen and oxygen atoms in total. The topological polar surface area (TPSA) is 72.9 Å². The predicted molar refractivity (Wildman–Crippen MR) is 89.5 cm³/mol. The van der Waals surface area contributed by atoms with Crippen molar-refractivity contribution >= 4 is 17.8 Å². The predicted octanol–water partition coefficient (Wildman–Crippen LogP) is 2.09. The Kier molecular flexibility index (Phi) is 5.35. The van der Waals surface area contributed by atoms with Crippen LogP contribution in [0.1, 0.15) is 19.8 Å². The number of hydrogen-bond donors (Lipinski definition) is 0. The van der Waals surface area contributed by atoms with Gasteiger partial charge in [-0.3, -0.25) is 14.5 Å². The Morgan fingerprint density at radius 2 is 1.77 bits per heavy atom. The molecule has 7 heteroatoms. The fraction of sp³-hybridized carbons (Fsp3) is 0.421. The average molecular weight is 361 g/mol. The number of benzene rings is 1. The van der Waals surface area contributed by atoms with E-state index in [-0.39, 0.29) is 42.6 Å². The molecule has 0 N–H and O–H groups in total. The SMILES string of the molecule is C[C@@H](C(=O)OCCOc1ccccc1F)N1C(=O)[C@H]2CC=CC[C@H]2C1=O. The van der Waals surface area contributed by atoms with Crippen LogP contribution >= 0.6 is 0 Å². The minimum atomic E-state index is -0.992. The van der Waals surface area contributed by atoms with Crippen molar-refractivity contribution < 1.29 is 28.2 Å². The average Bonchev–Trinajstić information content (AvgIpc) is 2.90. The van der Waals surface area contributed by atoms with Gasteiger partial charge in [-0.05, 0) is 31.9 Å². The maximum atomic E-state index is 13.4. The van der Waals surface area contributed by atoms with Crippen LogP contribution in [-0.2, 0) is 19.1 Å². The highest BCUT2D eigenvalue weighted by molar-refractivity contribution is 6.08. The fourth-order valence-corrected chi connectivity index (χ4v) is 3.29. The summed E-state index contributed by atoms with van der Waals surface area (Å²) in [5.74, 6) is -2.53. The minimum Gasteiger partial charge on any atom is -0.487 e. The van der Waals surface area contributed by atoms with Crippen molar-refractivity contribution in [2.45, 2.75) is 25.8 Å². The zero-order valence-electron chi connectivity index (χ0n) is 14.4. The lowest BCUT2D eigenvalue weighted by atomic mass is 9.85. The molecular weight excluding hydrogens is 341 g/mol. The third-order valence-corrected chi connectivity index (χ3v) is 4.69. The summed E-state index contributed by atoms with van der Waals surface area (Å²) < 4.78 is 23.7. The number of carbonyl (C=O) groups excluding carboxylic acids is 3. The molecule has 1 aromatic carbocycles. The molecule has 138 valence electrons. The number of likely N-dealkylation sites (tertiary alicyclic amines) is 1. The molecule has 1 aliphatic carbocycles. The number of esters is 1. The van der Waals surface area contributed by atoms with Crippen LogP contribution in [-0.4, -0.2) is 41.9 Å². The summed E-state index contributed by atoms with van der Waals surface area (Å²) in [5, 5.41) is 0. The van der Waals surface area contributed by atoms with E-state index in [0.29, 0.717) is 12.8 Å². The Morgan fingerprint density at radius 1 is 1.15 bits per heavy atom. The van der Waals surface area contributed by atoms with E-state index in [0.717, 1.165) is 4.90 Å². The smallest absolute Gasteiger partial charge is 0.329 e. The van der Waals surface area contributed by atoms with Gasteiger partial charge in [-0.25, -0.2) is 9.18 Å². The Balaban J connectivity index is 1.51. The van der Waals surface area contributed by atoms with Gasteiger partial charge in [0.25, 0.3) is 0 Å². The normalized spacial score (nSPS) is 22.9. The molecular formula is C19H20FNO5. The lowest BCUT2D eigenvalue weighted by Gasteiger charge is -2.21. The number of rotatable bonds is 6. The molecule has 1 aliphatic heterocycles. The second-order valence-corrected chi connectivity index (χ2v) is 6.32. The molecule has 2 aliphatic rings. The Morgan fingerprint density at radius 3 is 2.38 bits per heavy atom. The maximum absolute atomic E-state index is 13.4. The molecule has 2 amide bonds. The molecule has 1 fully saturated rings. The van der Waals surface area contributed by atoms with Gasteiger partial charge in [-0.2, -0.15) is 0 Å². The van der Waals surface area contributed by atoms with Gasteiger partial charge < -0.3 is 9.47 Å². The number of allylic oxidation sites excluding steroid dienone is 2. The highest BCUT2D eigenvalue weighted by atomic mass is 19.1. The highest BCUT2D eigenvalue weighted by Crippen LogP contribution is 2.36. The van der Waals surface area contributed by atoms with E-state index < -0.39 is 17.8 Å². The lowest BCUT2D eigenvalue weighted by molar-refractivity contribution is -0.158. The number of carbonyl (C=O) groups is 3. The lowest BCUT2D eigenvalue weighted by Crippen LogP contribution is -2.44. The summed E-state index contributed by atoms with van der Waals surface area (Å²) in [6, 6.07) is 4.92. The molecule has 1 aromatic rings. The molecule has 26 heavy (non-hydrogen) atoms. The number of nitrogens with zero attached hydrogens (tertiary/aromatic N) is 1. The second kappa shape index (κ2) is 7.68. The number of ether oxygens (including phenoxy) is 2. The largest absolute Gasteiger partial charge is 0.487 e.